The summed E-state index contributed by atoms with van der Waals surface area (Å²) in [6.07, 6.45) is 4.95. The average molecular weight is 246 g/mol. The van der Waals surface area contributed by atoms with Gasteiger partial charge in [-0.05, 0) is 35.4 Å². The summed E-state index contributed by atoms with van der Waals surface area (Å²) in [5.74, 6) is 0.894. The van der Waals surface area contributed by atoms with Crippen molar-refractivity contribution in [2.45, 2.75) is 32.1 Å². The van der Waals surface area contributed by atoms with Gasteiger partial charge in [0.05, 0.1) is 5.69 Å². The van der Waals surface area contributed by atoms with Crippen LogP contribution in [0.3, 0.4) is 0 Å². The third kappa shape index (κ3) is 3.37. The Morgan fingerprint density at radius 2 is 1.78 bits per heavy atom. The number of para-hydroxylation sites is 1. The average Bonchev–Trinajstić information content (AvgIpc) is 2.88. The number of benzene rings is 1. The van der Waals surface area contributed by atoms with Gasteiger partial charge in [-0.3, -0.25) is 0 Å². The van der Waals surface area contributed by atoms with E-state index < -0.39 is 0 Å². The van der Waals surface area contributed by atoms with Crippen molar-refractivity contribution in [3.05, 3.63) is 36.2 Å². The molecule has 0 bridgehead atoms. The largest absolute Gasteiger partial charge is 0.396 e. The topological polar surface area (TPSA) is 63.8 Å². The maximum atomic E-state index is 8.71. The first-order valence-corrected chi connectivity index (χ1v) is 6.35. The number of tetrazole rings is 1. The van der Waals surface area contributed by atoms with Crippen LogP contribution in [0.4, 0.5) is 0 Å². The van der Waals surface area contributed by atoms with Crippen LogP contribution in [0, 0.1) is 0 Å². The predicted octanol–water partition coefficient (Wildman–Crippen LogP) is 1.76. The van der Waals surface area contributed by atoms with Gasteiger partial charge >= 0.3 is 0 Å². The van der Waals surface area contributed by atoms with Crippen LogP contribution in [0.5, 0.6) is 0 Å². The van der Waals surface area contributed by atoms with Gasteiger partial charge in [0.15, 0.2) is 5.82 Å². The predicted molar refractivity (Wildman–Crippen MR) is 68.4 cm³/mol. The molecule has 0 aliphatic heterocycles. The molecular formula is C13H18N4O. The van der Waals surface area contributed by atoms with Gasteiger partial charge in [0, 0.05) is 13.0 Å². The van der Waals surface area contributed by atoms with Crippen molar-refractivity contribution in [2.24, 2.45) is 0 Å². The van der Waals surface area contributed by atoms with Gasteiger partial charge in [-0.25, -0.2) is 0 Å². The Hall–Kier alpha value is -1.75. The van der Waals surface area contributed by atoms with Gasteiger partial charge in [-0.15, -0.1) is 5.10 Å². The van der Waals surface area contributed by atoms with E-state index in [1.54, 1.807) is 4.68 Å². The fraction of sp³-hybridized carbons (Fsp3) is 0.462. The second-order valence-corrected chi connectivity index (χ2v) is 4.23. The maximum Gasteiger partial charge on any atom is 0.156 e. The van der Waals surface area contributed by atoms with Crippen LogP contribution in [-0.2, 0) is 6.42 Å². The van der Waals surface area contributed by atoms with Gasteiger partial charge in [-0.2, -0.15) is 4.68 Å². The maximum absolute atomic E-state index is 8.71. The van der Waals surface area contributed by atoms with Crippen LogP contribution in [0.15, 0.2) is 30.3 Å². The number of aryl methyl sites for hydroxylation is 1. The van der Waals surface area contributed by atoms with E-state index in [2.05, 4.69) is 15.5 Å². The molecule has 2 rings (SSSR count). The molecule has 0 amide bonds. The van der Waals surface area contributed by atoms with Crippen molar-refractivity contribution in [1.82, 2.24) is 20.2 Å². The van der Waals surface area contributed by atoms with Crippen molar-refractivity contribution in [3.8, 4) is 5.69 Å². The van der Waals surface area contributed by atoms with Crippen LogP contribution < -0.4 is 0 Å². The Labute approximate surface area is 106 Å². The molecule has 0 unspecified atom stereocenters. The van der Waals surface area contributed by atoms with Crippen molar-refractivity contribution < 1.29 is 5.11 Å². The Bertz CT molecular complexity index is 455. The van der Waals surface area contributed by atoms with E-state index >= 15 is 0 Å². The summed E-state index contributed by atoms with van der Waals surface area (Å²) in [6, 6.07) is 9.91. The molecule has 5 heteroatoms. The van der Waals surface area contributed by atoms with Crippen LogP contribution in [0.1, 0.15) is 31.5 Å². The monoisotopic (exact) mass is 246 g/mol. The van der Waals surface area contributed by atoms with E-state index in [0.717, 1.165) is 43.6 Å². The summed E-state index contributed by atoms with van der Waals surface area (Å²) >= 11 is 0. The summed E-state index contributed by atoms with van der Waals surface area (Å²) in [4.78, 5) is 0. The van der Waals surface area contributed by atoms with Gasteiger partial charge in [0.25, 0.3) is 0 Å². The lowest BCUT2D eigenvalue weighted by Crippen LogP contribution is -2.03. The highest BCUT2D eigenvalue weighted by Crippen LogP contribution is 2.10. The van der Waals surface area contributed by atoms with Gasteiger partial charge in [-0.1, -0.05) is 31.0 Å². The lowest BCUT2D eigenvalue weighted by Gasteiger charge is -2.03. The van der Waals surface area contributed by atoms with E-state index in [0.29, 0.717) is 0 Å². The minimum atomic E-state index is 0.280. The highest BCUT2D eigenvalue weighted by Gasteiger charge is 2.06. The number of aromatic nitrogens is 4. The summed E-state index contributed by atoms with van der Waals surface area (Å²) in [5.41, 5.74) is 0.993. The molecule has 0 spiro atoms. The first-order valence-electron chi connectivity index (χ1n) is 6.35. The minimum Gasteiger partial charge on any atom is -0.396 e. The molecule has 96 valence electrons. The fourth-order valence-corrected chi connectivity index (χ4v) is 1.88. The zero-order chi connectivity index (χ0) is 12.6. The smallest absolute Gasteiger partial charge is 0.156 e. The molecule has 5 nitrogen and oxygen atoms in total. The van der Waals surface area contributed by atoms with Crippen LogP contribution in [0.2, 0.25) is 0 Å². The number of rotatable bonds is 7. The van der Waals surface area contributed by atoms with Crippen LogP contribution in [0.25, 0.3) is 5.69 Å². The van der Waals surface area contributed by atoms with E-state index in [1.165, 1.54) is 0 Å². The van der Waals surface area contributed by atoms with Crippen LogP contribution >= 0.6 is 0 Å². The van der Waals surface area contributed by atoms with Crippen LogP contribution in [-0.4, -0.2) is 31.9 Å². The molecule has 0 aliphatic carbocycles. The summed E-state index contributed by atoms with van der Waals surface area (Å²) in [5, 5.41) is 20.5. The van der Waals surface area contributed by atoms with Gasteiger partial charge in [0.1, 0.15) is 0 Å². The highest BCUT2D eigenvalue weighted by atomic mass is 16.2. The first-order chi connectivity index (χ1) is 8.92. The van der Waals surface area contributed by atoms with E-state index in [4.69, 9.17) is 5.11 Å². The number of aliphatic hydroxyl groups excluding tert-OH is 1. The zero-order valence-electron chi connectivity index (χ0n) is 10.4. The number of aliphatic hydroxyl groups is 1. The molecule has 0 atom stereocenters. The molecule has 0 radical (unpaired) electrons. The van der Waals surface area contributed by atoms with E-state index in [-0.39, 0.29) is 6.61 Å². The fourth-order valence-electron chi connectivity index (χ4n) is 1.88. The van der Waals surface area contributed by atoms with Crippen molar-refractivity contribution in [1.29, 1.82) is 0 Å². The lowest BCUT2D eigenvalue weighted by molar-refractivity contribution is 0.282. The normalized spacial score (nSPS) is 10.7. The summed E-state index contributed by atoms with van der Waals surface area (Å²) in [6.45, 7) is 0.280. The molecule has 2 aromatic rings. The van der Waals surface area contributed by atoms with Gasteiger partial charge < -0.3 is 5.11 Å². The molecule has 0 fully saturated rings. The second kappa shape index (κ2) is 6.86. The molecule has 1 heterocycles. The molecule has 1 aromatic heterocycles. The lowest BCUT2D eigenvalue weighted by atomic mass is 10.1. The number of hydrogen-bond acceptors (Lipinski definition) is 4. The molecule has 18 heavy (non-hydrogen) atoms. The Balaban J connectivity index is 1.92. The third-order valence-electron chi connectivity index (χ3n) is 2.84. The Morgan fingerprint density at radius 3 is 2.56 bits per heavy atom. The third-order valence-corrected chi connectivity index (χ3v) is 2.84. The number of hydrogen-bond donors (Lipinski definition) is 1. The molecule has 0 saturated carbocycles. The molecule has 1 N–H and O–H groups in total. The molecular weight excluding hydrogens is 228 g/mol. The zero-order valence-corrected chi connectivity index (χ0v) is 10.4. The second-order valence-electron chi connectivity index (χ2n) is 4.23. The molecule has 0 aliphatic rings. The number of unbranched alkanes of at least 4 members (excludes halogenated alkanes) is 3. The summed E-state index contributed by atoms with van der Waals surface area (Å²) < 4.78 is 1.78. The van der Waals surface area contributed by atoms with Gasteiger partial charge in [0.2, 0.25) is 0 Å². The number of nitrogens with zero attached hydrogens (tertiary/aromatic N) is 4. The molecule has 1 aromatic carbocycles. The van der Waals surface area contributed by atoms with E-state index in [9.17, 15) is 0 Å². The minimum absolute atomic E-state index is 0.280. The Kier molecular flexibility index (Phi) is 4.84. The summed E-state index contributed by atoms with van der Waals surface area (Å²) in [7, 11) is 0. The van der Waals surface area contributed by atoms with E-state index in [1.807, 2.05) is 30.3 Å². The SMILES string of the molecule is OCCCCCCc1nnnn1-c1ccccc1. The molecule has 0 saturated heterocycles. The van der Waals surface area contributed by atoms with Crippen molar-refractivity contribution in [2.75, 3.05) is 6.61 Å². The highest BCUT2D eigenvalue weighted by molar-refractivity contribution is 5.30. The standard InChI is InChI=1S/C13H18N4O/c18-11-7-2-1-6-10-13-14-15-16-17(13)12-8-4-3-5-9-12/h3-5,8-9,18H,1-2,6-7,10-11H2. The quantitative estimate of drug-likeness (QED) is 0.756. The van der Waals surface area contributed by atoms with Crippen molar-refractivity contribution >= 4 is 0 Å². The Morgan fingerprint density at radius 1 is 1.00 bits per heavy atom. The first kappa shape index (κ1) is 12.7. The van der Waals surface area contributed by atoms with Crippen molar-refractivity contribution in [3.63, 3.8) is 0 Å².